The zero-order valence-corrected chi connectivity index (χ0v) is 15.6. The first kappa shape index (κ1) is 17.0. The van der Waals surface area contributed by atoms with Crippen LogP contribution in [0, 0.1) is 20.8 Å². The largest absolute Gasteiger partial charge is 0.371 e. The standard InChI is InChI=1S/C22H28O3/c1-15-12-16(2)19(17(3)13-15)14-18-6-9-21(7-4-10-24-21)22(20(18)23)8-5-11-25-22/h12-14H,4-11H2,1-3H3/b18-14+/t21-,22+/m0/s1. The molecule has 4 rings (SSSR count). The average Bonchev–Trinajstić information content (AvgIpc) is 3.22. The fraction of sp³-hybridized carbons (Fsp3) is 0.591. The first-order valence-electron chi connectivity index (χ1n) is 9.59. The summed E-state index contributed by atoms with van der Waals surface area (Å²) in [6.07, 6.45) is 7.55. The van der Waals surface area contributed by atoms with Crippen molar-refractivity contribution >= 4 is 11.9 Å². The number of Topliss-reactive ketones (excluding diaryl/α,β-unsaturated/α-hetero) is 1. The highest BCUT2D eigenvalue weighted by Crippen LogP contribution is 2.52. The second kappa shape index (κ2) is 6.07. The lowest BCUT2D eigenvalue weighted by Crippen LogP contribution is -2.61. The number of ether oxygens (including phenoxy) is 2. The van der Waals surface area contributed by atoms with Crippen LogP contribution in [0.2, 0.25) is 0 Å². The smallest absolute Gasteiger partial charge is 0.193 e. The number of hydrogen-bond acceptors (Lipinski definition) is 3. The summed E-state index contributed by atoms with van der Waals surface area (Å²) < 4.78 is 12.3. The molecule has 3 fully saturated rings. The summed E-state index contributed by atoms with van der Waals surface area (Å²) >= 11 is 0. The summed E-state index contributed by atoms with van der Waals surface area (Å²) in [5, 5.41) is 0. The van der Waals surface area contributed by atoms with E-state index in [4.69, 9.17) is 9.47 Å². The zero-order valence-electron chi connectivity index (χ0n) is 15.6. The van der Waals surface area contributed by atoms with Crippen molar-refractivity contribution in [2.24, 2.45) is 0 Å². The molecule has 1 aromatic rings. The molecule has 0 radical (unpaired) electrons. The van der Waals surface area contributed by atoms with Gasteiger partial charge in [0.25, 0.3) is 0 Å². The Morgan fingerprint density at radius 3 is 2.24 bits per heavy atom. The van der Waals surface area contributed by atoms with Crippen LogP contribution in [-0.4, -0.2) is 30.2 Å². The molecule has 0 amide bonds. The molecule has 1 aromatic carbocycles. The molecule has 2 aliphatic heterocycles. The van der Waals surface area contributed by atoms with Crippen molar-refractivity contribution in [3.8, 4) is 0 Å². The number of rotatable bonds is 1. The summed E-state index contributed by atoms with van der Waals surface area (Å²) in [5.74, 6) is 0.178. The summed E-state index contributed by atoms with van der Waals surface area (Å²) in [6, 6.07) is 4.38. The maximum absolute atomic E-state index is 13.5. The van der Waals surface area contributed by atoms with Gasteiger partial charge in [0.05, 0.1) is 0 Å². The van der Waals surface area contributed by atoms with Crippen LogP contribution in [0.5, 0.6) is 0 Å². The SMILES string of the molecule is Cc1cc(C)c(/C=C2\CC[C@@]3(CCCO3)[C@@]3(CCCO3)C2=O)c(C)c1. The molecule has 3 heteroatoms. The number of hydrogen-bond donors (Lipinski definition) is 0. The lowest BCUT2D eigenvalue weighted by atomic mass is 9.66. The number of carbonyl (C=O) groups is 1. The minimum Gasteiger partial charge on any atom is -0.371 e. The predicted molar refractivity (Wildman–Crippen MR) is 98.7 cm³/mol. The molecule has 1 aliphatic carbocycles. The van der Waals surface area contributed by atoms with Crippen LogP contribution in [-0.2, 0) is 14.3 Å². The third-order valence-electron chi connectivity index (χ3n) is 6.37. The topological polar surface area (TPSA) is 35.5 Å². The molecule has 2 saturated heterocycles. The Hall–Kier alpha value is -1.45. The van der Waals surface area contributed by atoms with Gasteiger partial charge in [-0.05, 0) is 87.6 Å². The second-order valence-corrected chi connectivity index (χ2v) is 8.04. The van der Waals surface area contributed by atoms with Crippen LogP contribution in [0.3, 0.4) is 0 Å². The Morgan fingerprint density at radius 2 is 1.64 bits per heavy atom. The number of benzene rings is 1. The van der Waals surface area contributed by atoms with Crippen molar-refractivity contribution in [2.75, 3.05) is 13.2 Å². The molecule has 3 nitrogen and oxygen atoms in total. The summed E-state index contributed by atoms with van der Waals surface area (Å²) in [5.41, 5.74) is 4.72. The van der Waals surface area contributed by atoms with Gasteiger partial charge in [0.2, 0.25) is 0 Å². The Morgan fingerprint density at radius 1 is 0.960 bits per heavy atom. The molecular formula is C22H28O3. The number of carbonyl (C=O) groups excluding carboxylic acids is 1. The highest BCUT2D eigenvalue weighted by atomic mass is 16.6. The number of ketones is 1. The van der Waals surface area contributed by atoms with Gasteiger partial charge in [0.15, 0.2) is 11.4 Å². The van der Waals surface area contributed by atoms with Gasteiger partial charge in [-0.25, -0.2) is 0 Å². The number of aryl methyl sites for hydroxylation is 3. The Labute approximate surface area is 150 Å². The second-order valence-electron chi connectivity index (χ2n) is 8.04. The third kappa shape index (κ3) is 2.51. The molecule has 0 unspecified atom stereocenters. The molecule has 0 aromatic heterocycles. The first-order chi connectivity index (χ1) is 12.0. The van der Waals surface area contributed by atoms with Crippen molar-refractivity contribution in [3.05, 3.63) is 40.0 Å². The minimum atomic E-state index is -0.736. The van der Waals surface area contributed by atoms with E-state index in [-0.39, 0.29) is 11.4 Å². The molecule has 0 N–H and O–H groups in total. The highest BCUT2D eigenvalue weighted by Gasteiger charge is 2.63. The van der Waals surface area contributed by atoms with Crippen molar-refractivity contribution < 1.29 is 14.3 Å². The third-order valence-corrected chi connectivity index (χ3v) is 6.37. The normalized spacial score (nSPS) is 33.9. The van der Waals surface area contributed by atoms with Crippen molar-refractivity contribution in [1.29, 1.82) is 0 Å². The maximum atomic E-state index is 13.5. The van der Waals surface area contributed by atoms with Crippen LogP contribution in [0.1, 0.15) is 60.8 Å². The van der Waals surface area contributed by atoms with E-state index in [1.807, 2.05) is 0 Å². The van der Waals surface area contributed by atoms with Gasteiger partial charge in [0, 0.05) is 13.2 Å². The van der Waals surface area contributed by atoms with E-state index in [9.17, 15) is 4.79 Å². The molecule has 3 aliphatic rings. The monoisotopic (exact) mass is 340 g/mol. The predicted octanol–water partition coefficient (Wildman–Crippen LogP) is 4.46. The van der Waals surface area contributed by atoms with E-state index >= 15 is 0 Å². The molecule has 1 saturated carbocycles. The van der Waals surface area contributed by atoms with Crippen LogP contribution in [0.4, 0.5) is 0 Å². The quantitative estimate of drug-likeness (QED) is 0.708. The molecule has 2 atom stereocenters. The summed E-state index contributed by atoms with van der Waals surface area (Å²) in [4.78, 5) is 13.5. The molecule has 134 valence electrons. The lowest BCUT2D eigenvalue weighted by Gasteiger charge is -2.47. The van der Waals surface area contributed by atoms with Gasteiger partial charge in [0.1, 0.15) is 5.60 Å². The molecule has 25 heavy (non-hydrogen) atoms. The maximum Gasteiger partial charge on any atom is 0.193 e. The van der Waals surface area contributed by atoms with Gasteiger partial charge in [-0.3, -0.25) is 4.79 Å². The molecule has 0 bridgehead atoms. The van der Waals surface area contributed by atoms with Crippen molar-refractivity contribution in [1.82, 2.24) is 0 Å². The van der Waals surface area contributed by atoms with E-state index in [0.717, 1.165) is 50.7 Å². The fourth-order valence-corrected chi connectivity index (χ4v) is 5.24. The fourth-order valence-electron chi connectivity index (χ4n) is 5.24. The van der Waals surface area contributed by atoms with Crippen LogP contribution < -0.4 is 0 Å². The molecule has 2 spiro atoms. The van der Waals surface area contributed by atoms with Crippen molar-refractivity contribution in [2.45, 2.75) is 70.5 Å². The first-order valence-corrected chi connectivity index (χ1v) is 9.59. The van der Waals surface area contributed by atoms with E-state index < -0.39 is 5.60 Å². The summed E-state index contributed by atoms with van der Waals surface area (Å²) in [6.45, 7) is 7.80. The molecular weight excluding hydrogens is 312 g/mol. The van der Waals surface area contributed by atoms with Crippen LogP contribution in [0.15, 0.2) is 17.7 Å². The van der Waals surface area contributed by atoms with E-state index in [0.29, 0.717) is 6.61 Å². The Bertz CT molecular complexity index is 709. The molecule has 2 heterocycles. The van der Waals surface area contributed by atoms with Gasteiger partial charge in [-0.1, -0.05) is 17.7 Å². The van der Waals surface area contributed by atoms with Gasteiger partial charge < -0.3 is 9.47 Å². The summed E-state index contributed by atoms with van der Waals surface area (Å²) in [7, 11) is 0. The van der Waals surface area contributed by atoms with Gasteiger partial charge in [-0.15, -0.1) is 0 Å². The van der Waals surface area contributed by atoms with E-state index in [1.54, 1.807) is 0 Å². The Balaban J connectivity index is 1.75. The number of fused-ring (bicyclic) bond motifs is 1. The average molecular weight is 340 g/mol. The van der Waals surface area contributed by atoms with E-state index in [2.05, 4.69) is 39.0 Å². The van der Waals surface area contributed by atoms with Gasteiger partial charge in [-0.2, -0.15) is 0 Å². The Kier molecular flexibility index (Phi) is 4.12. The zero-order chi connectivity index (χ0) is 17.7. The van der Waals surface area contributed by atoms with Gasteiger partial charge >= 0.3 is 0 Å². The van der Waals surface area contributed by atoms with Crippen LogP contribution in [0.25, 0.3) is 6.08 Å². The van der Waals surface area contributed by atoms with Crippen LogP contribution >= 0.6 is 0 Å². The van der Waals surface area contributed by atoms with E-state index in [1.165, 1.54) is 22.3 Å². The lowest BCUT2D eigenvalue weighted by molar-refractivity contribution is -0.186. The minimum absolute atomic E-state index is 0.178. The van der Waals surface area contributed by atoms with Crippen molar-refractivity contribution in [3.63, 3.8) is 0 Å². The highest BCUT2D eigenvalue weighted by molar-refractivity contribution is 6.07.